The van der Waals surface area contributed by atoms with Gasteiger partial charge in [0.05, 0.1) is 23.5 Å². The maximum atomic E-state index is 13.8. The highest BCUT2D eigenvalue weighted by molar-refractivity contribution is 7.09. The number of hydrogen-bond acceptors (Lipinski definition) is 5. The Morgan fingerprint density at radius 3 is 2.71 bits per heavy atom. The van der Waals surface area contributed by atoms with Gasteiger partial charge in [0, 0.05) is 23.5 Å². The lowest BCUT2D eigenvalue weighted by Crippen LogP contribution is -2.30. The number of carbonyl (C=O) groups excluding carboxylic acids is 1. The second-order valence-corrected chi connectivity index (χ2v) is 8.79. The quantitative estimate of drug-likeness (QED) is 0.493. The van der Waals surface area contributed by atoms with Crippen molar-refractivity contribution in [1.29, 1.82) is 0 Å². The van der Waals surface area contributed by atoms with Gasteiger partial charge in [-0.1, -0.05) is 11.6 Å². The number of thiazole rings is 1. The number of halogens is 2. The van der Waals surface area contributed by atoms with Crippen molar-refractivity contribution < 1.29 is 13.9 Å². The number of rotatable bonds is 7. The molecule has 1 aliphatic rings. The minimum absolute atomic E-state index is 0.118. The van der Waals surface area contributed by atoms with Crippen LogP contribution in [0.15, 0.2) is 47.8 Å². The van der Waals surface area contributed by atoms with Crippen molar-refractivity contribution in [2.24, 2.45) is 0 Å². The zero-order valence-electron chi connectivity index (χ0n) is 16.9. The number of nitrogens with one attached hydrogen (secondary N) is 1. The van der Waals surface area contributed by atoms with Crippen LogP contribution in [0.1, 0.15) is 30.0 Å². The molecule has 5 nitrogen and oxygen atoms in total. The Balaban J connectivity index is 1.36. The predicted molar refractivity (Wildman–Crippen MR) is 123 cm³/mol. The summed E-state index contributed by atoms with van der Waals surface area (Å²) in [5, 5.41) is 6.14. The first-order valence-electron chi connectivity index (χ1n) is 10.2. The van der Waals surface area contributed by atoms with E-state index < -0.39 is 0 Å². The Hall–Kier alpha value is -2.64. The van der Waals surface area contributed by atoms with Crippen LogP contribution in [0, 0.1) is 5.82 Å². The highest BCUT2D eigenvalue weighted by atomic mass is 35.5. The normalized spacial score (nSPS) is 13.8. The third-order valence-corrected chi connectivity index (χ3v) is 6.17. The highest BCUT2D eigenvalue weighted by Crippen LogP contribution is 2.29. The van der Waals surface area contributed by atoms with Crippen molar-refractivity contribution in [3.05, 3.63) is 69.4 Å². The van der Waals surface area contributed by atoms with E-state index in [0.29, 0.717) is 28.8 Å². The van der Waals surface area contributed by atoms with Gasteiger partial charge in [-0.15, -0.1) is 11.3 Å². The first-order chi connectivity index (χ1) is 15.1. The summed E-state index contributed by atoms with van der Waals surface area (Å²) in [5.74, 6) is 0.112. The van der Waals surface area contributed by atoms with E-state index in [1.165, 1.54) is 29.9 Å². The second kappa shape index (κ2) is 10.1. The number of benzene rings is 2. The largest absolute Gasteiger partial charge is 0.486 e. The summed E-state index contributed by atoms with van der Waals surface area (Å²) in [7, 11) is 0. The SMILES string of the molecule is O=C(Cc1csc(COc2ccc(Cl)cc2)n1)Nc1cc(F)ccc1N1CCCCC1. The molecule has 0 atom stereocenters. The van der Waals surface area contributed by atoms with Crippen LogP contribution in [-0.2, 0) is 17.8 Å². The molecule has 8 heteroatoms. The maximum Gasteiger partial charge on any atom is 0.230 e. The first kappa shape index (κ1) is 21.6. The van der Waals surface area contributed by atoms with Crippen molar-refractivity contribution >= 4 is 40.2 Å². The first-order valence-corrected chi connectivity index (χ1v) is 11.5. The van der Waals surface area contributed by atoms with E-state index in [4.69, 9.17) is 16.3 Å². The Kier molecular flexibility index (Phi) is 7.04. The molecule has 1 fully saturated rings. The average Bonchev–Trinajstić information content (AvgIpc) is 3.21. The van der Waals surface area contributed by atoms with E-state index in [1.54, 1.807) is 30.3 Å². The third-order valence-electron chi connectivity index (χ3n) is 5.05. The lowest BCUT2D eigenvalue weighted by atomic mass is 10.1. The molecule has 0 radical (unpaired) electrons. The molecule has 3 aromatic rings. The number of nitrogens with zero attached hydrogens (tertiary/aromatic N) is 2. The molecular formula is C23H23ClFN3O2S. The van der Waals surface area contributed by atoms with Crippen LogP contribution in [0.25, 0.3) is 0 Å². The number of anilines is 2. The molecule has 2 aromatic carbocycles. The topological polar surface area (TPSA) is 54.5 Å². The van der Waals surface area contributed by atoms with E-state index >= 15 is 0 Å². The van der Waals surface area contributed by atoms with Crippen LogP contribution >= 0.6 is 22.9 Å². The zero-order valence-corrected chi connectivity index (χ0v) is 18.5. The summed E-state index contributed by atoms with van der Waals surface area (Å²) in [5.41, 5.74) is 2.03. The summed E-state index contributed by atoms with van der Waals surface area (Å²) >= 11 is 7.31. The van der Waals surface area contributed by atoms with Gasteiger partial charge in [0.1, 0.15) is 23.2 Å². The summed E-state index contributed by atoms with van der Waals surface area (Å²) < 4.78 is 19.5. The van der Waals surface area contributed by atoms with E-state index in [2.05, 4.69) is 15.2 Å². The van der Waals surface area contributed by atoms with Gasteiger partial charge in [0.15, 0.2) is 0 Å². The molecule has 1 N–H and O–H groups in total. The van der Waals surface area contributed by atoms with Crippen molar-refractivity contribution in [2.45, 2.75) is 32.3 Å². The van der Waals surface area contributed by atoms with Gasteiger partial charge in [0.25, 0.3) is 0 Å². The predicted octanol–water partition coefficient (Wildman–Crippen LogP) is 5.69. The number of carbonyl (C=O) groups is 1. The molecule has 1 saturated heterocycles. The number of ether oxygens (including phenoxy) is 1. The Morgan fingerprint density at radius 1 is 1.16 bits per heavy atom. The van der Waals surface area contributed by atoms with Gasteiger partial charge in [-0.2, -0.15) is 0 Å². The molecule has 0 saturated carbocycles. The molecule has 162 valence electrons. The molecule has 1 aliphatic heterocycles. The van der Waals surface area contributed by atoms with Crippen LogP contribution in [0.5, 0.6) is 5.75 Å². The monoisotopic (exact) mass is 459 g/mol. The average molecular weight is 460 g/mol. The van der Waals surface area contributed by atoms with Crippen molar-refractivity contribution in [2.75, 3.05) is 23.3 Å². The molecular weight excluding hydrogens is 437 g/mol. The van der Waals surface area contributed by atoms with Gasteiger partial charge < -0.3 is 15.0 Å². The van der Waals surface area contributed by atoms with Crippen LogP contribution in [0.3, 0.4) is 0 Å². The maximum absolute atomic E-state index is 13.8. The van der Waals surface area contributed by atoms with Crippen molar-refractivity contribution in [1.82, 2.24) is 4.98 Å². The molecule has 1 amide bonds. The Labute approximate surface area is 189 Å². The summed E-state index contributed by atoms with van der Waals surface area (Å²) in [6.45, 7) is 2.14. The summed E-state index contributed by atoms with van der Waals surface area (Å²) in [6, 6.07) is 11.7. The Morgan fingerprint density at radius 2 is 1.94 bits per heavy atom. The molecule has 0 aliphatic carbocycles. The van der Waals surface area contributed by atoms with Gasteiger partial charge in [-0.3, -0.25) is 4.79 Å². The summed E-state index contributed by atoms with van der Waals surface area (Å²) in [4.78, 5) is 19.3. The minimum atomic E-state index is -0.369. The van der Waals surface area contributed by atoms with Crippen LogP contribution in [0.2, 0.25) is 5.02 Å². The lowest BCUT2D eigenvalue weighted by molar-refractivity contribution is -0.115. The van der Waals surface area contributed by atoms with Gasteiger partial charge >= 0.3 is 0 Å². The highest BCUT2D eigenvalue weighted by Gasteiger charge is 2.17. The fourth-order valence-electron chi connectivity index (χ4n) is 3.55. The van der Waals surface area contributed by atoms with Crippen LogP contribution < -0.4 is 15.0 Å². The van der Waals surface area contributed by atoms with Crippen molar-refractivity contribution in [3.63, 3.8) is 0 Å². The molecule has 4 rings (SSSR count). The molecule has 1 aromatic heterocycles. The number of aromatic nitrogens is 1. The standard InChI is InChI=1S/C23H23ClFN3O2S/c24-16-4-7-19(8-5-16)30-14-23-26-18(15-31-23)13-22(29)27-20-12-17(25)6-9-21(20)28-10-2-1-3-11-28/h4-9,12,15H,1-3,10-11,13-14H2,(H,27,29). The van der Waals surface area contributed by atoms with Crippen molar-refractivity contribution in [3.8, 4) is 5.75 Å². The smallest absolute Gasteiger partial charge is 0.230 e. The van der Waals surface area contributed by atoms with Gasteiger partial charge in [0.2, 0.25) is 5.91 Å². The molecule has 0 spiro atoms. The van der Waals surface area contributed by atoms with Crippen LogP contribution in [0.4, 0.5) is 15.8 Å². The third kappa shape index (κ3) is 5.95. The van der Waals surface area contributed by atoms with E-state index in [-0.39, 0.29) is 18.1 Å². The number of amides is 1. The second-order valence-electron chi connectivity index (χ2n) is 7.41. The van der Waals surface area contributed by atoms with E-state index in [1.807, 2.05) is 5.38 Å². The molecule has 2 heterocycles. The number of hydrogen-bond donors (Lipinski definition) is 1. The lowest BCUT2D eigenvalue weighted by Gasteiger charge is -2.30. The molecule has 31 heavy (non-hydrogen) atoms. The van der Waals surface area contributed by atoms with E-state index in [0.717, 1.165) is 36.6 Å². The van der Waals surface area contributed by atoms with Gasteiger partial charge in [-0.05, 0) is 61.7 Å². The van der Waals surface area contributed by atoms with Gasteiger partial charge in [-0.25, -0.2) is 9.37 Å². The fourth-order valence-corrected chi connectivity index (χ4v) is 4.38. The fraction of sp³-hybridized carbons (Fsp3) is 0.304. The summed E-state index contributed by atoms with van der Waals surface area (Å²) in [6.07, 6.45) is 3.52. The number of piperidine rings is 1. The Bertz CT molecular complexity index is 1040. The minimum Gasteiger partial charge on any atom is -0.486 e. The molecule has 0 bridgehead atoms. The molecule has 0 unspecified atom stereocenters. The van der Waals surface area contributed by atoms with E-state index in [9.17, 15) is 9.18 Å². The van der Waals surface area contributed by atoms with Crippen LogP contribution in [-0.4, -0.2) is 24.0 Å². The zero-order chi connectivity index (χ0) is 21.6.